The summed E-state index contributed by atoms with van der Waals surface area (Å²) in [5.41, 5.74) is 2.08. The number of rotatable bonds is 4. The maximum absolute atomic E-state index is 12.1. The molecule has 0 aliphatic heterocycles. The van der Waals surface area contributed by atoms with E-state index < -0.39 is 5.97 Å². The normalized spacial score (nSPS) is 10.5. The summed E-state index contributed by atoms with van der Waals surface area (Å²) < 4.78 is 5.26. The zero-order valence-electron chi connectivity index (χ0n) is 12.5. The molecule has 0 unspecified atom stereocenters. The number of carbonyl (C=O) groups excluding carboxylic acids is 2. The summed E-state index contributed by atoms with van der Waals surface area (Å²) in [6.45, 7) is 1.80. The minimum Gasteiger partial charge on any atom is -0.422 e. The number of hydrogen-bond acceptors (Lipinski definition) is 5. The highest BCUT2D eigenvalue weighted by molar-refractivity contribution is 5.96. The van der Waals surface area contributed by atoms with Crippen molar-refractivity contribution in [2.45, 2.75) is 13.3 Å². The summed E-state index contributed by atoms with van der Waals surface area (Å²) in [7, 11) is 0. The van der Waals surface area contributed by atoms with Crippen LogP contribution in [0.1, 0.15) is 34.2 Å². The van der Waals surface area contributed by atoms with Crippen LogP contribution in [0.3, 0.4) is 0 Å². The van der Waals surface area contributed by atoms with Gasteiger partial charge in [-0.15, -0.1) is 0 Å². The lowest BCUT2D eigenvalue weighted by molar-refractivity contribution is 0.0728. The van der Waals surface area contributed by atoms with Crippen molar-refractivity contribution in [1.82, 2.24) is 9.97 Å². The number of hydrogen-bond donors (Lipinski definition) is 0. The molecule has 0 spiro atoms. The van der Waals surface area contributed by atoms with Gasteiger partial charge in [-0.25, -0.2) is 9.78 Å². The largest absolute Gasteiger partial charge is 0.422 e. The van der Waals surface area contributed by atoms with Crippen molar-refractivity contribution in [2.24, 2.45) is 0 Å². The Balaban J connectivity index is 1.78. The second-order valence-electron chi connectivity index (χ2n) is 4.93. The Labute approximate surface area is 133 Å². The average Bonchev–Trinajstić information content (AvgIpc) is 2.61. The quantitative estimate of drug-likeness (QED) is 0.419. The molecule has 3 rings (SSSR count). The van der Waals surface area contributed by atoms with Crippen molar-refractivity contribution in [3.63, 3.8) is 0 Å². The van der Waals surface area contributed by atoms with Crippen LogP contribution in [0.15, 0.2) is 54.7 Å². The number of aromatic nitrogens is 2. The highest BCUT2D eigenvalue weighted by Gasteiger charge is 2.12. The number of carbonyl (C=O) groups is 2. The van der Waals surface area contributed by atoms with E-state index >= 15 is 0 Å². The molecular formula is C18H14N2O3. The van der Waals surface area contributed by atoms with Crippen LogP contribution in [-0.4, -0.2) is 21.7 Å². The number of nitrogens with zero attached hydrogens (tertiary/aromatic N) is 2. The molecule has 0 N–H and O–H groups in total. The second-order valence-corrected chi connectivity index (χ2v) is 4.93. The van der Waals surface area contributed by atoms with Crippen LogP contribution in [-0.2, 0) is 0 Å². The summed E-state index contributed by atoms with van der Waals surface area (Å²) in [6, 6.07) is 13.8. The fourth-order valence-corrected chi connectivity index (χ4v) is 2.13. The molecule has 3 aromatic rings. The van der Waals surface area contributed by atoms with Crippen molar-refractivity contribution in [3.05, 3.63) is 66.0 Å². The van der Waals surface area contributed by atoms with Gasteiger partial charge in [-0.3, -0.25) is 9.78 Å². The van der Waals surface area contributed by atoms with Gasteiger partial charge in [0.1, 0.15) is 5.75 Å². The van der Waals surface area contributed by atoms with Crippen molar-refractivity contribution >= 4 is 22.8 Å². The van der Waals surface area contributed by atoms with E-state index in [0.29, 0.717) is 28.8 Å². The van der Waals surface area contributed by atoms with Crippen LogP contribution in [0.25, 0.3) is 11.0 Å². The van der Waals surface area contributed by atoms with Gasteiger partial charge in [-0.05, 0) is 36.4 Å². The van der Waals surface area contributed by atoms with Crippen LogP contribution in [0.5, 0.6) is 5.75 Å². The van der Waals surface area contributed by atoms with Gasteiger partial charge in [0.25, 0.3) is 0 Å². The zero-order chi connectivity index (χ0) is 16.2. The van der Waals surface area contributed by atoms with E-state index in [2.05, 4.69) is 9.97 Å². The number of para-hydroxylation sites is 2. The Bertz CT molecular complexity index is 873. The number of ketones is 1. The lowest BCUT2D eigenvalue weighted by Crippen LogP contribution is -2.11. The maximum atomic E-state index is 12.1. The van der Waals surface area contributed by atoms with Crippen molar-refractivity contribution in [1.29, 1.82) is 0 Å². The summed E-state index contributed by atoms with van der Waals surface area (Å²) in [6.07, 6.45) is 1.82. The Morgan fingerprint density at radius 3 is 2.39 bits per heavy atom. The molecule has 23 heavy (non-hydrogen) atoms. The SMILES string of the molecule is CCC(=O)c1ccc(OC(=O)c2cnc3ccccc3n2)cc1. The first kappa shape index (κ1) is 14.8. The fourth-order valence-electron chi connectivity index (χ4n) is 2.13. The van der Waals surface area contributed by atoms with Gasteiger partial charge in [0, 0.05) is 12.0 Å². The fraction of sp³-hybridized carbons (Fsp3) is 0.111. The van der Waals surface area contributed by atoms with Gasteiger partial charge in [0.2, 0.25) is 0 Å². The van der Waals surface area contributed by atoms with Gasteiger partial charge in [0.05, 0.1) is 17.2 Å². The van der Waals surface area contributed by atoms with Gasteiger partial charge >= 0.3 is 5.97 Å². The molecular weight excluding hydrogens is 292 g/mol. The van der Waals surface area contributed by atoms with E-state index in [0.717, 1.165) is 0 Å². The lowest BCUT2D eigenvalue weighted by Gasteiger charge is -2.05. The van der Waals surface area contributed by atoms with E-state index in [1.807, 2.05) is 18.2 Å². The molecule has 5 heteroatoms. The topological polar surface area (TPSA) is 69.2 Å². The molecule has 0 aliphatic carbocycles. The van der Waals surface area contributed by atoms with Crippen LogP contribution in [0, 0.1) is 0 Å². The molecule has 0 aliphatic rings. The van der Waals surface area contributed by atoms with E-state index in [9.17, 15) is 9.59 Å². The van der Waals surface area contributed by atoms with E-state index in [-0.39, 0.29) is 11.5 Å². The first-order valence-corrected chi connectivity index (χ1v) is 7.24. The third-order valence-electron chi connectivity index (χ3n) is 3.37. The standard InChI is InChI=1S/C18H14N2O3/c1-2-17(21)12-7-9-13(10-8-12)23-18(22)16-11-19-14-5-3-4-6-15(14)20-16/h3-11H,2H2,1H3. The predicted octanol–water partition coefficient (Wildman–Crippen LogP) is 3.44. The summed E-state index contributed by atoms with van der Waals surface area (Å²) in [5, 5.41) is 0. The van der Waals surface area contributed by atoms with Gasteiger partial charge in [0.15, 0.2) is 11.5 Å². The zero-order valence-corrected chi connectivity index (χ0v) is 12.5. The monoisotopic (exact) mass is 306 g/mol. The van der Waals surface area contributed by atoms with E-state index in [4.69, 9.17) is 4.74 Å². The van der Waals surface area contributed by atoms with Crippen LogP contribution in [0.2, 0.25) is 0 Å². The lowest BCUT2D eigenvalue weighted by atomic mass is 10.1. The molecule has 1 heterocycles. The molecule has 5 nitrogen and oxygen atoms in total. The molecule has 0 saturated carbocycles. The average molecular weight is 306 g/mol. The first-order chi connectivity index (χ1) is 11.2. The molecule has 1 aromatic heterocycles. The van der Waals surface area contributed by atoms with Gasteiger partial charge in [-0.1, -0.05) is 19.1 Å². The number of fused-ring (bicyclic) bond motifs is 1. The Morgan fingerprint density at radius 2 is 1.70 bits per heavy atom. The van der Waals surface area contributed by atoms with Crippen molar-refractivity contribution in [3.8, 4) is 5.75 Å². The molecule has 0 atom stereocenters. The minimum atomic E-state index is -0.585. The number of benzene rings is 2. The highest BCUT2D eigenvalue weighted by atomic mass is 16.5. The predicted molar refractivity (Wildman–Crippen MR) is 85.6 cm³/mol. The summed E-state index contributed by atoms with van der Waals surface area (Å²) in [4.78, 5) is 32.1. The third kappa shape index (κ3) is 3.23. The number of ether oxygens (including phenoxy) is 1. The van der Waals surface area contributed by atoms with Crippen molar-refractivity contribution in [2.75, 3.05) is 0 Å². The van der Waals surface area contributed by atoms with E-state index in [1.165, 1.54) is 6.20 Å². The molecule has 0 amide bonds. The van der Waals surface area contributed by atoms with Crippen molar-refractivity contribution < 1.29 is 14.3 Å². The molecule has 2 aromatic carbocycles. The summed E-state index contributed by atoms with van der Waals surface area (Å²) in [5.74, 6) is -0.182. The van der Waals surface area contributed by atoms with E-state index in [1.54, 1.807) is 37.3 Å². The molecule has 0 saturated heterocycles. The molecule has 0 radical (unpaired) electrons. The highest BCUT2D eigenvalue weighted by Crippen LogP contribution is 2.16. The first-order valence-electron chi connectivity index (χ1n) is 7.24. The van der Waals surface area contributed by atoms with Crippen LogP contribution < -0.4 is 4.74 Å². The minimum absolute atomic E-state index is 0.0447. The van der Waals surface area contributed by atoms with Crippen LogP contribution >= 0.6 is 0 Å². The van der Waals surface area contributed by atoms with Crippen LogP contribution in [0.4, 0.5) is 0 Å². The smallest absolute Gasteiger partial charge is 0.363 e. The number of esters is 1. The summed E-state index contributed by atoms with van der Waals surface area (Å²) >= 11 is 0. The Kier molecular flexibility index (Phi) is 4.10. The maximum Gasteiger partial charge on any atom is 0.363 e. The second kappa shape index (κ2) is 6.36. The molecule has 0 bridgehead atoms. The number of Topliss-reactive ketones (excluding diaryl/α,β-unsaturated/α-hetero) is 1. The molecule has 0 fully saturated rings. The van der Waals surface area contributed by atoms with Gasteiger partial charge < -0.3 is 4.74 Å². The third-order valence-corrected chi connectivity index (χ3v) is 3.37. The van der Waals surface area contributed by atoms with Gasteiger partial charge in [-0.2, -0.15) is 0 Å². The Hall–Kier alpha value is -3.08. The molecule has 114 valence electrons. The Morgan fingerprint density at radius 1 is 1.00 bits per heavy atom.